The van der Waals surface area contributed by atoms with Crippen molar-refractivity contribution in [2.75, 3.05) is 37.5 Å². The van der Waals surface area contributed by atoms with E-state index in [2.05, 4.69) is 53.7 Å². The fourth-order valence-electron chi connectivity index (χ4n) is 6.56. The van der Waals surface area contributed by atoms with Gasteiger partial charge in [-0.1, -0.05) is 18.7 Å². The van der Waals surface area contributed by atoms with Crippen molar-refractivity contribution in [1.82, 2.24) is 24.6 Å². The number of anilines is 1. The normalized spacial score (nSPS) is 20.9. The van der Waals surface area contributed by atoms with Crippen molar-refractivity contribution < 1.29 is 9.53 Å². The Morgan fingerprint density at radius 2 is 1.95 bits per heavy atom. The Morgan fingerprint density at radius 3 is 2.65 bits per heavy atom. The van der Waals surface area contributed by atoms with E-state index in [1.807, 2.05) is 29.5 Å². The molecule has 10 heteroatoms. The second-order valence-electron chi connectivity index (χ2n) is 10.9. The minimum absolute atomic E-state index is 0.0578. The largest absolute Gasteiger partial charge is 0.383 e. The Hall–Kier alpha value is -3.63. The number of amides is 1. The summed E-state index contributed by atoms with van der Waals surface area (Å²) in [6.45, 7) is 13.6. The molecule has 1 N–H and O–H groups in total. The summed E-state index contributed by atoms with van der Waals surface area (Å²) in [6.07, 6.45) is 3.22. The first-order chi connectivity index (χ1) is 19.2. The number of hydrogen-bond donors (Lipinski definition) is 1. The van der Waals surface area contributed by atoms with Crippen molar-refractivity contribution in [2.45, 2.75) is 50.7 Å². The molecule has 208 valence electrons. The van der Waals surface area contributed by atoms with Gasteiger partial charge in [0.25, 0.3) is 0 Å². The van der Waals surface area contributed by atoms with Crippen molar-refractivity contribution in [3.05, 3.63) is 58.7 Å². The van der Waals surface area contributed by atoms with Gasteiger partial charge in [0, 0.05) is 64.8 Å². The van der Waals surface area contributed by atoms with E-state index in [0.717, 1.165) is 49.0 Å². The number of aromatic amines is 1. The molecular formula is C30H34N6O3S. The fourth-order valence-corrected chi connectivity index (χ4v) is 7.92. The maximum absolute atomic E-state index is 13.8. The first-order valence-electron chi connectivity index (χ1n) is 13.6. The standard InChI is InChI=1S/C30H34N6O3S/c1-7-23(37)35-18(4)12-34(13-19(35)5)29-22-10-17(3)25(24-16(2)8-9-20-11-31-33-26(20)24)28-27(22)36(30(38)32-29)21(14-39-6)15-40-28/h7-11,18-19,21H,1,12-15H2,2-6H3,(H,31,33)/t18-,19+,21?. The maximum Gasteiger partial charge on any atom is 0.350 e. The molecule has 0 radical (unpaired) electrons. The molecule has 1 fully saturated rings. The molecule has 4 heterocycles. The van der Waals surface area contributed by atoms with Gasteiger partial charge in [0.1, 0.15) is 5.82 Å². The van der Waals surface area contributed by atoms with E-state index < -0.39 is 0 Å². The zero-order valence-corrected chi connectivity index (χ0v) is 24.3. The Balaban J connectivity index is 1.61. The summed E-state index contributed by atoms with van der Waals surface area (Å²) in [5.41, 5.74) is 6.10. The lowest BCUT2D eigenvalue weighted by Crippen LogP contribution is -2.58. The predicted molar refractivity (Wildman–Crippen MR) is 160 cm³/mol. The van der Waals surface area contributed by atoms with Gasteiger partial charge in [0.2, 0.25) is 5.91 Å². The smallest absolute Gasteiger partial charge is 0.350 e. The van der Waals surface area contributed by atoms with Crippen LogP contribution in [0.1, 0.15) is 31.0 Å². The summed E-state index contributed by atoms with van der Waals surface area (Å²) in [6, 6.07) is 6.14. The number of thioether (sulfide) groups is 1. The average Bonchev–Trinajstić information content (AvgIpc) is 3.40. The number of aryl methyl sites for hydroxylation is 2. The van der Waals surface area contributed by atoms with Crippen LogP contribution in [0.4, 0.5) is 5.82 Å². The summed E-state index contributed by atoms with van der Waals surface area (Å²) < 4.78 is 7.37. The lowest BCUT2D eigenvalue weighted by molar-refractivity contribution is -0.130. The van der Waals surface area contributed by atoms with E-state index >= 15 is 0 Å². The van der Waals surface area contributed by atoms with E-state index in [-0.39, 0.29) is 29.7 Å². The molecule has 2 aliphatic heterocycles. The molecule has 0 bridgehead atoms. The van der Waals surface area contributed by atoms with Gasteiger partial charge in [-0.25, -0.2) is 4.79 Å². The zero-order valence-electron chi connectivity index (χ0n) is 23.5. The number of H-pyrrole nitrogens is 1. The molecule has 2 aromatic heterocycles. The molecular weight excluding hydrogens is 524 g/mol. The number of piperazine rings is 1. The number of benzene rings is 2. The van der Waals surface area contributed by atoms with Crippen molar-refractivity contribution in [1.29, 1.82) is 0 Å². The minimum atomic E-state index is -0.276. The van der Waals surface area contributed by atoms with Gasteiger partial charge in [0.15, 0.2) is 0 Å². The minimum Gasteiger partial charge on any atom is -0.383 e. The highest BCUT2D eigenvalue weighted by molar-refractivity contribution is 7.99. The van der Waals surface area contributed by atoms with E-state index in [4.69, 9.17) is 9.72 Å². The van der Waals surface area contributed by atoms with Crippen LogP contribution < -0.4 is 10.6 Å². The van der Waals surface area contributed by atoms with Crippen molar-refractivity contribution in [3.63, 3.8) is 0 Å². The van der Waals surface area contributed by atoms with Gasteiger partial charge in [-0.15, -0.1) is 11.8 Å². The number of carbonyl (C=O) groups excluding carboxylic acids is 1. The van der Waals surface area contributed by atoms with Crippen LogP contribution >= 0.6 is 11.8 Å². The van der Waals surface area contributed by atoms with Crippen LogP contribution in [-0.2, 0) is 9.53 Å². The van der Waals surface area contributed by atoms with Crippen molar-refractivity contribution in [3.8, 4) is 11.1 Å². The number of nitrogens with zero attached hydrogens (tertiary/aromatic N) is 5. The molecule has 1 unspecified atom stereocenters. The third-order valence-corrected chi connectivity index (χ3v) is 9.45. The highest BCUT2D eigenvalue weighted by Crippen LogP contribution is 2.47. The molecule has 0 saturated carbocycles. The molecule has 6 rings (SSSR count). The Labute approximate surface area is 237 Å². The van der Waals surface area contributed by atoms with E-state index in [1.165, 1.54) is 6.08 Å². The SMILES string of the molecule is C=CC(=O)N1[C@H](C)CN(c2nc(=O)n3c4c(c(-c5c(C)ccc6cn[nH]c56)c(C)cc24)SCC3COC)C[C@@H]1C. The fraction of sp³-hybridized carbons (Fsp3) is 0.400. The van der Waals surface area contributed by atoms with Gasteiger partial charge in [-0.05, 0) is 51.0 Å². The predicted octanol–water partition coefficient (Wildman–Crippen LogP) is 4.46. The van der Waals surface area contributed by atoms with E-state index in [1.54, 1.807) is 18.9 Å². The van der Waals surface area contributed by atoms with Gasteiger partial charge < -0.3 is 14.5 Å². The summed E-state index contributed by atoms with van der Waals surface area (Å²) >= 11 is 1.77. The highest BCUT2D eigenvalue weighted by Gasteiger charge is 2.35. The second kappa shape index (κ2) is 10.1. The van der Waals surface area contributed by atoms with E-state index in [0.29, 0.717) is 31.3 Å². The molecule has 0 spiro atoms. The first-order valence-corrected chi connectivity index (χ1v) is 14.6. The number of fused-ring (bicyclic) bond motifs is 1. The number of methoxy groups -OCH3 is 1. The Kier molecular flexibility index (Phi) is 6.70. The first kappa shape index (κ1) is 26.6. The van der Waals surface area contributed by atoms with Gasteiger partial charge in [0.05, 0.1) is 29.9 Å². The van der Waals surface area contributed by atoms with Crippen LogP contribution in [-0.4, -0.2) is 75.2 Å². The third-order valence-electron chi connectivity index (χ3n) is 8.21. The topological polar surface area (TPSA) is 96.4 Å². The number of hydrogen-bond acceptors (Lipinski definition) is 7. The molecule has 40 heavy (non-hydrogen) atoms. The number of nitrogens with one attached hydrogen (secondary N) is 1. The van der Waals surface area contributed by atoms with Crippen molar-refractivity contribution in [2.24, 2.45) is 0 Å². The molecule has 1 saturated heterocycles. The van der Waals surface area contributed by atoms with Crippen molar-refractivity contribution >= 4 is 45.3 Å². The van der Waals surface area contributed by atoms with Crippen LogP contribution in [0.5, 0.6) is 0 Å². The number of carbonyl (C=O) groups is 1. The highest BCUT2D eigenvalue weighted by atomic mass is 32.2. The molecule has 4 aromatic rings. The monoisotopic (exact) mass is 558 g/mol. The van der Waals surface area contributed by atoms with E-state index in [9.17, 15) is 9.59 Å². The number of aromatic nitrogens is 4. The van der Waals surface area contributed by atoms with Crippen LogP contribution in [0.3, 0.4) is 0 Å². The van der Waals surface area contributed by atoms with Gasteiger partial charge in [-0.2, -0.15) is 10.1 Å². The molecule has 9 nitrogen and oxygen atoms in total. The van der Waals surface area contributed by atoms with Gasteiger partial charge in [-0.3, -0.25) is 14.5 Å². The Bertz CT molecular complexity index is 1710. The maximum atomic E-state index is 13.8. The molecule has 1 amide bonds. The average molecular weight is 559 g/mol. The van der Waals surface area contributed by atoms with Crippen LogP contribution in [0.25, 0.3) is 32.9 Å². The third kappa shape index (κ3) is 4.04. The lowest BCUT2D eigenvalue weighted by Gasteiger charge is -2.45. The van der Waals surface area contributed by atoms with Gasteiger partial charge >= 0.3 is 5.69 Å². The van der Waals surface area contributed by atoms with Crippen LogP contribution in [0, 0.1) is 13.8 Å². The second-order valence-corrected chi connectivity index (χ2v) is 12.0. The van der Waals surface area contributed by atoms with Crippen LogP contribution in [0.2, 0.25) is 0 Å². The van der Waals surface area contributed by atoms with Crippen LogP contribution in [0.15, 0.2) is 46.7 Å². The molecule has 2 aromatic carbocycles. The Morgan fingerprint density at radius 1 is 1.20 bits per heavy atom. The quantitative estimate of drug-likeness (QED) is 0.361. The summed E-state index contributed by atoms with van der Waals surface area (Å²) in [7, 11) is 1.67. The molecule has 3 atom stereocenters. The molecule has 2 aliphatic rings. The number of ether oxygens (including phenoxy) is 1. The zero-order chi connectivity index (χ0) is 28.3. The lowest BCUT2D eigenvalue weighted by atomic mass is 9.92. The summed E-state index contributed by atoms with van der Waals surface area (Å²) in [4.78, 5) is 36.2. The summed E-state index contributed by atoms with van der Waals surface area (Å²) in [5.74, 6) is 1.31. The molecule has 0 aliphatic carbocycles. The number of rotatable bonds is 5. The summed E-state index contributed by atoms with van der Waals surface area (Å²) in [5, 5.41) is 9.52.